The average molecular weight is 256 g/mol. The highest BCUT2D eigenvalue weighted by molar-refractivity contribution is 5.36. The van der Waals surface area contributed by atoms with Gasteiger partial charge in [-0.1, -0.05) is 6.92 Å². The topological polar surface area (TPSA) is 50.7 Å². The van der Waals surface area contributed by atoms with Gasteiger partial charge in [-0.3, -0.25) is 4.98 Å². The Kier molecular flexibility index (Phi) is 4.22. The van der Waals surface area contributed by atoms with Crippen molar-refractivity contribution in [2.45, 2.75) is 33.7 Å². The molecule has 2 heterocycles. The van der Waals surface area contributed by atoms with Crippen LogP contribution in [-0.4, -0.2) is 21.7 Å². The summed E-state index contributed by atoms with van der Waals surface area (Å²) in [6.07, 6.45) is 3.75. The summed E-state index contributed by atoms with van der Waals surface area (Å²) in [7, 11) is 0. The van der Waals surface area contributed by atoms with Gasteiger partial charge in [0.2, 0.25) is 0 Å². The fraction of sp³-hybridized carbons (Fsp3) is 0.400. The summed E-state index contributed by atoms with van der Waals surface area (Å²) < 4.78 is 0. The Bertz CT molecular complexity index is 566. The fourth-order valence-corrected chi connectivity index (χ4v) is 2.23. The van der Waals surface area contributed by atoms with Gasteiger partial charge >= 0.3 is 0 Å². The largest absolute Gasteiger partial charge is 0.306 e. The molecular weight excluding hydrogens is 236 g/mol. The number of hydrogen-bond acceptors (Lipinski definition) is 4. The van der Waals surface area contributed by atoms with Gasteiger partial charge in [0.05, 0.1) is 17.4 Å². The first kappa shape index (κ1) is 13.6. The second kappa shape index (κ2) is 5.89. The number of nitrogens with zero attached hydrogens (tertiary/aromatic N) is 3. The summed E-state index contributed by atoms with van der Waals surface area (Å²) in [5, 5.41) is 11.8. The highest BCUT2D eigenvalue weighted by atomic mass is 15.1. The molecule has 100 valence electrons. The molecule has 2 aromatic rings. The molecule has 0 aliphatic heterocycles. The Labute approximate surface area is 114 Å². The van der Waals surface area contributed by atoms with Crippen LogP contribution in [0.25, 0.3) is 0 Å². The number of hydrogen-bond donors (Lipinski definition) is 1. The van der Waals surface area contributed by atoms with Crippen molar-refractivity contribution >= 4 is 0 Å². The summed E-state index contributed by atoms with van der Waals surface area (Å²) in [6, 6.07) is 4.26. The summed E-state index contributed by atoms with van der Waals surface area (Å²) in [5.74, 6) is 0. The van der Waals surface area contributed by atoms with Crippen molar-refractivity contribution in [1.29, 1.82) is 0 Å². The van der Waals surface area contributed by atoms with Crippen LogP contribution in [-0.2, 0) is 0 Å². The molecule has 4 heteroatoms. The molecule has 0 spiro atoms. The van der Waals surface area contributed by atoms with E-state index in [-0.39, 0.29) is 6.04 Å². The van der Waals surface area contributed by atoms with Crippen molar-refractivity contribution in [3.8, 4) is 0 Å². The molecule has 0 amide bonds. The third-order valence-corrected chi connectivity index (χ3v) is 3.25. The predicted molar refractivity (Wildman–Crippen MR) is 76.0 cm³/mol. The molecule has 0 aliphatic rings. The molecule has 0 saturated heterocycles. The van der Waals surface area contributed by atoms with E-state index in [1.807, 2.05) is 32.3 Å². The smallest absolute Gasteiger partial charge is 0.0651 e. The fourth-order valence-electron chi connectivity index (χ4n) is 2.23. The predicted octanol–water partition coefficient (Wildman–Crippen LogP) is 2.50. The van der Waals surface area contributed by atoms with E-state index in [1.165, 1.54) is 16.7 Å². The van der Waals surface area contributed by atoms with Gasteiger partial charge in [-0.05, 0) is 56.1 Å². The van der Waals surface area contributed by atoms with Gasteiger partial charge in [0, 0.05) is 12.4 Å². The molecule has 0 aliphatic carbocycles. The lowest BCUT2D eigenvalue weighted by Gasteiger charge is -2.21. The van der Waals surface area contributed by atoms with E-state index in [0.717, 1.165) is 17.9 Å². The summed E-state index contributed by atoms with van der Waals surface area (Å²) in [5.41, 5.74) is 5.49. The van der Waals surface area contributed by atoms with Crippen LogP contribution in [0.3, 0.4) is 0 Å². The van der Waals surface area contributed by atoms with Gasteiger partial charge in [-0.2, -0.15) is 10.2 Å². The van der Waals surface area contributed by atoms with E-state index in [0.29, 0.717) is 0 Å². The number of aromatic nitrogens is 3. The van der Waals surface area contributed by atoms with Crippen LogP contribution in [0.4, 0.5) is 0 Å². The Hall–Kier alpha value is -1.81. The molecule has 19 heavy (non-hydrogen) atoms. The molecular formula is C15H20N4. The van der Waals surface area contributed by atoms with E-state index >= 15 is 0 Å². The first-order valence-corrected chi connectivity index (χ1v) is 6.58. The molecule has 0 saturated carbocycles. The quantitative estimate of drug-likeness (QED) is 0.913. The summed E-state index contributed by atoms with van der Waals surface area (Å²) in [6.45, 7) is 9.07. The zero-order chi connectivity index (χ0) is 13.8. The van der Waals surface area contributed by atoms with Crippen molar-refractivity contribution in [2.75, 3.05) is 6.54 Å². The highest BCUT2D eigenvalue weighted by Gasteiger charge is 2.18. The van der Waals surface area contributed by atoms with Crippen LogP contribution in [0.5, 0.6) is 0 Å². The van der Waals surface area contributed by atoms with Gasteiger partial charge in [-0.15, -0.1) is 0 Å². The van der Waals surface area contributed by atoms with Crippen LogP contribution < -0.4 is 5.32 Å². The molecule has 0 aromatic carbocycles. The van der Waals surface area contributed by atoms with E-state index < -0.39 is 0 Å². The zero-order valence-corrected chi connectivity index (χ0v) is 11.9. The van der Waals surface area contributed by atoms with E-state index in [9.17, 15) is 0 Å². The lowest BCUT2D eigenvalue weighted by atomic mass is 9.95. The summed E-state index contributed by atoms with van der Waals surface area (Å²) in [4.78, 5) is 4.25. The van der Waals surface area contributed by atoms with Gasteiger partial charge in [-0.25, -0.2) is 0 Å². The van der Waals surface area contributed by atoms with Crippen molar-refractivity contribution in [1.82, 2.24) is 20.5 Å². The van der Waals surface area contributed by atoms with Gasteiger partial charge < -0.3 is 5.32 Å². The molecule has 0 fully saturated rings. The zero-order valence-electron chi connectivity index (χ0n) is 11.9. The monoisotopic (exact) mass is 256 g/mol. The molecule has 1 N–H and O–H groups in total. The Morgan fingerprint density at radius 2 is 1.95 bits per heavy atom. The number of nitrogens with one attached hydrogen (secondary N) is 1. The number of pyridine rings is 1. The SMILES string of the molecule is CCNC(c1cnccc1C)c1cc(C)nnc1C. The van der Waals surface area contributed by atoms with Crippen molar-refractivity contribution in [3.05, 3.63) is 52.6 Å². The van der Waals surface area contributed by atoms with Crippen LogP contribution in [0.2, 0.25) is 0 Å². The van der Waals surface area contributed by atoms with Crippen LogP contribution in [0.1, 0.15) is 41.0 Å². The van der Waals surface area contributed by atoms with Crippen molar-refractivity contribution in [2.24, 2.45) is 0 Å². The normalized spacial score (nSPS) is 12.4. The van der Waals surface area contributed by atoms with Crippen LogP contribution >= 0.6 is 0 Å². The standard InChI is InChI=1S/C15H20N4/c1-5-17-15(14-9-16-7-6-10(14)2)13-8-11(3)18-19-12(13)4/h6-9,15,17H,5H2,1-4H3. The van der Waals surface area contributed by atoms with Crippen molar-refractivity contribution < 1.29 is 0 Å². The molecule has 2 rings (SSSR count). The maximum Gasteiger partial charge on any atom is 0.0651 e. The maximum atomic E-state index is 4.25. The lowest BCUT2D eigenvalue weighted by Crippen LogP contribution is -2.24. The van der Waals surface area contributed by atoms with E-state index in [2.05, 4.69) is 40.4 Å². The van der Waals surface area contributed by atoms with Crippen LogP contribution in [0.15, 0.2) is 24.5 Å². The highest BCUT2D eigenvalue weighted by Crippen LogP contribution is 2.25. The second-order valence-electron chi connectivity index (χ2n) is 4.75. The molecule has 2 aromatic heterocycles. The third kappa shape index (κ3) is 2.96. The minimum Gasteiger partial charge on any atom is -0.306 e. The molecule has 1 atom stereocenters. The van der Waals surface area contributed by atoms with Gasteiger partial charge in [0.25, 0.3) is 0 Å². The Morgan fingerprint density at radius 3 is 2.63 bits per heavy atom. The molecule has 1 unspecified atom stereocenters. The van der Waals surface area contributed by atoms with Crippen molar-refractivity contribution in [3.63, 3.8) is 0 Å². The van der Waals surface area contributed by atoms with Gasteiger partial charge in [0.1, 0.15) is 0 Å². The first-order chi connectivity index (χ1) is 9.13. The van der Waals surface area contributed by atoms with E-state index in [1.54, 1.807) is 0 Å². The van der Waals surface area contributed by atoms with E-state index in [4.69, 9.17) is 0 Å². The lowest BCUT2D eigenvalue weighted by molar-refractivity contribution is 0.615. The minimum atomic E-state index is 0.118. The van der Waals surface area contributed by atoms with Gasteiger partial charge in [0.15, 0.2) is 0 Å². The number of aryl methyl sites for hydroxylation is 3. The average Bonchev–Trinajstić information content (AvgIpc) is 2.40. The minimum absolute atomic E-state index is 0.118. The van der Waals surface area contributed by atoms with Crippen LogP contribution in [0, 0.1) is 20.8 Å². The Balaban J connectivity index is 2.51. The summed E-state index contributed by atoms with van der Waals surface area (Å²) >= 11 is 0. The maximum absolute atomic E-state index is 4.25. The first-order valence-electron chi connectivity index (χ1n) is 6.58. The molecule has 0 radical (unpaired) electrons. The number of rotatable bonds is 4. The third-order valence-electron chi connectivity index (χ3n) is 3.25. The Morgan fingerprint density at radius 1 is 1.16 bits per heavy atom. The molecule has 4 nitrogen and oxygen atoms in total. The molecule has 0 bridgehead atoms. The second-order valence-corrected chi connectivity index (χ2v) is 4.75.